The van der Waals surface area contributed by atoms with Crippen LogP contribution >= 0.6 is 0 Å². The molecule has 0 aliphatic heterocycles. The Labute approximate surface area is 99.3 Å². The van der Waals surface area contributed by atoms with Crippen molar-refractivity contribution in [2.45, 2.75) is 58.0 Å². The first-order valence-electron chi connectivity index (χ1n) is 6.33. The summed E-state index contributed by atoms with van der Waals surface area (Å²) in [6, 6.07) is 10.3. The lowest BCUT2D eigenvalue weighted by atomic mass is 9.86. The summed E-state index contributed by atoms with van der Waals surface area (Å²) in [4.78, 5) is 0. The predicted octanol–water partition coefficient (Wildman–Crippen LogP) is 3.80. The van der Waals surface area contributed by atoms with Gasteiger partial charge in [-0.25, -0.2) is 0 Å². The number of hydrogen-bond acceptors (Lipinski definition) is 1. The Morgan fingerprint density at radius 2 is 1.69 bits per heavy atom. The van der Waals surface area contributed by atoms with Crippen LogP contribution in [0.5, 0.6) is 0 Å². The molecule has 1 aliphatic rings. The number of rotatable bonds is 3. The topological polar surface area (TPSA) is 12.0 Å². The summed E-state index contributed by atoms with van der Waals surface area (Å²) in [5.74, 6) is 0. The van der Waals surface area contributed by atoms with Crippen molar-refractivity contribution < 1.29 is 0 Å². The smallest absolute Gasteiger partial charge is 0.0294 e. The summed E-state index contributed by atoms with van der Waals surface area (Å²) in [7, 11) is 0. The molecule has 1 N–H and O–H groups in total. The van der Waals surface area contributed by atoms with Gasteiger partial charge in [-0.05, 0) is 36.3 Å². The van der Waals surface area contributed by atoms with Gasteiger partial charge in [0.2, 0.25) is 0 Å². The highest BCUT2D eigenvalue weighted by Crippen LogP contribution is 2.26. The van der Waals surface area contributed by atoms with Crippen LogP contribution in [-0.4, -0.2) is 6.04 Å². The lowest BCUT2D eigenvalue weighted by Crippen LogP contribution is -2.20. The van der Waals surface area contributed by atoms with Crippen LogP contribution in [0.25, 0.3) is 0 Å². The van der Waals surface area contributed by atoms with Gasteiger partial charge in [0.15, 0.2) is 0 Å². The van der Waals surface area contributed by atoms with Gasteiger partial charge in [-0.15, -0.1) is 0 Å². The molecule has 0 heterocycles. The molecule has 0 bridgehead atoms. The third kappa shape index (κ3) is 2.85. The molecule has 0 saturated heterocycles. The van der Waals surface area contributed by atoms with E-state index in [2.05, 4.69) is 57.3 Å². The van der Waals surface area contributed by atoms with Crippen molar-refractivity contribution in [3.05, 3.63) is 35.4 Å². The minimum absolute atomic E-state index is 0.256. The Hall–Kier alpha value is -0.820. The van der Waals surface area contributed by atoms with Gasteiger partial charge in [-0.1, -0.05) is 45.0 Å². The quantitative estimate of drug-likeness (QED) is 0.812. The number of benzene rings is 1. The molecule has 1 nitrogen and oxygen atoms in total. The molecular weight excluding hydrogens is 194 g/mol. The molecule has 1 heteroatoms. The number of hydrogen-bond donors (Lipinski definition) is 1. The van der Waals surface area contributed by atoms with Crippen LogP contribution in [0.15, 0.2) is 24.3 Å². The molecule has 2 rings (SSSR count). The molecule has 1 atom stereocenters. The molecule has 1 fully saturated rings. The molecule has 1 aromatic carbocycles. The highest BCUT2D eigenvalue weighted by atomic mass is 15.0. The van der Waals surface area contributed by atoms with E-state index in [1.54, 1.807) is 0 Å². The van der Waals surface area contributed by atoms with Gasteiger partial charge in [-0.2, -0.15) is 0 Å². The zero-order chi connectivity index (χ0) is 11.8. The van der Waals surface area contributed by atoms with Gasteiger partial charge in [0.05, 0.1) is 0 Å². The summed E-state index contributed by atoms with van der Waals surface area (Å²) < 4.78 is 0. The molecule has 0 spiro atoms. The van der Waals surface area contributed by atoms with Gasteiger partial charge < -0.3 is 5.32 Å². The normalized spacial score (nSPS) is 18.5. The third-order valence-electron chi connectivity index (χ3n) is 3.34. The van der Waals surface area contributed by atoms with E-state index < -0.39 is 0 Å². The monoisotopic (exact) mass is 217 g/mol. The van der Waals surface area contributed by atoms with Crippen molar-refractivity contribution in [1.82, 2.24) is 5.32 Å². The molecular formula is C15H23N. The second-order valence-electron chi connectivity index (χ2n) is 6.03. The molecule has 1 unspecified atom stereocenters. The minimum Gasteiger partial charge on any atom is -0.307 e. The molecule has 0 amide bonds. The highest BCUT2D eigenvalue weighted by Gasteiger charge is 2.23. The number of nitrogens with one attached hydrogen (secondary N) is 1. The van der Waals surface area contributed by atoms with E-state index in [-0.39, 0.29) is 5.41 Å². The fraction of sp³-hybridized carbons (Fsp3) is 0.600. The van der Waals surface area contributed by atoms with E-state index in [9.17, 15) is 0 Å². The lowest BCUT2D eigenvalue weighted by Gasteiger charge is -2.20. The SMILES string of the molecule is CC(NC1CC1)c1ccc(C(C)(C)C)cc1. The van der Waals surface area contributed by atoms with E-state index in [0.717, 1.165) is 6.04 Å². The second kappa shape index (κ2) is 4.21. The lowest BCUT2D eigenvalue weighted by molar-refractivity contribution is 0.566. The zero-order valence-electron chi connectivity index (χ0n) is 10.9. The maximum absolute atomic E-state index is 3.63. The zero-order valence-corrected chi connectivity index (χ0v) is 10.9. The predicted molar refractivity (Wildman–Crippen MR) is 69.7 cm³/mol. The molecule has 0 aromatic heterocycles. The summed E-state index contributed by atoms with van der Waals surface area (Å²) in [6.07, 6.45) is 2.70. The maximum Gasteiger partial charge on any atom is 0.0294 e. The van der Waals surface area contributed by atoms with Crippen LogP contribution < -0.4 is 5.32 Å². The van der Waals surface area contributed by atoms with Gasteiger partial charge in [0, 0.05) is 12.1 Å². The molecule has 88 valence electrons. The standard InChI is InChI=1S/C15H23N/c1-11(16-14-9-10-14)12-5-7-13(8-6-12)15(2,3)4/h5-8,11,14,16H,9-10H2,1-4H3. The van der Waals surface area contributed by atoms with Gasteiger partial charge in [-0.3, -0.25) is 0 Å². The van der Waals surface area contributed by atoms with Crippen LogP contribution in [0.3, 0.4) is 0 Å². The first-order valence-corrected chi connectivity index (χ1v) is 6.33. The van der Waals surface area contributed by atoms with E-state index in [0.29, 0.717) is 6.04 Å². The highest BCUT2D eigenvalue weighted by molar-refractivity contribution is 5.29. The van der Waals surface area contributed by atoms with Crippen molar-refractivity contribution in [2.24, 2.45) is 0 Å². The summed E-state index contributed by atoms with van der Waals surface area (Å²) in [5, 5.41) is 3.63. The summed E-state index contributed by atoms with van der Waals surface area (Å²) in [6.45, 7) is 9.03. The second-order valence-corrected chi connectivity index (χ2v) is 6.03. The molecule has 1 aliphatic carbocycles. The van der Waals surface area contributed by atoms with Crippen molar-refractivity contribution in [3.63, 3.8) is 0 Å². The van der Waals surface area contributed by atoms with Gasteiger partial charge in [0.1, 0.15) is 0 Å². The first kappa shape index (κ1) is 11.7. The van der Waals surface area contributed by atoms with Crippen LogP contribution in [0.4, 0.5) is 0 Å². The Bertz CT molecular complexity index is 341. The average Bonchev–Trinajstić information content (AvgIpc) is 3.00. The van der Waals surface area contributed by atoms with Crippen molar-refractivity contribution >= 4 is 0 Å². The van der Waals surface area contributed by atoms with E-state index in [1.807, 2.05) is 0 Å². The third-order valence-corrected chi connectivity index (χ3v) is 3.34. The summed E-state index contributed by atoms with van der Waals surface area (Å²) in [5.41, 5.74) is 3.07. The first-order chi connectivity index (χ1) is 7.47. The Morgan fingerprint density at radius 1 is 1.12 bits per heavy atom. The molecule has 1 aromatic rings. The molecule has 0 radical (unpaired) electrons. The Balaban J connectivity index is 2.05. The minimum atomic E-state index is 0.256. The average molecular weight is 217 g/mol. The van der Waals surface area contributed by atoms with Crippen molar-refractivity contribution in [3.8, 4) is 0 Å². The fourth-order valence-corrected chi connectivity index (χ4v) is 1.97. The Kier molecular flexibility index (Phi) is 3.07. The maximum atomic E-state index is 3.63. The van der Waals surface area contributed by atoms with Crippen LogP contribution in [0, 0.1) is 0 Å². The van der Waals surface area contributed by atoms with E-state index in [1.165, 1.54) is 24.0 Å². The Morgan fingerprint density at radius 3 is 2.12 bits per heavy atom. The van der Waals surface area contributed by atoms with Gasteiger partial charge in [0.25, 0.3) is 0 Å². The fourth-order valence-electron chi connectivity index (χ4n) is 1.97. The molecule has 16 heavy (non-hydrogen) atoms. The van der Waals surface area contributed by atoms with Crippen LogP contribution in [0.2, 0.25) is 0 Å². The molecule has 1 saturated carbocycles. The van der Waals surface area contributed by atoms with E-state index >= 15 is 0 Å². The summed E-state index contributed by atoms with van der Waals surface area (Å²) >= 11 is 0. The van der Waals surface area contributed by atoms with Crippen LogP contribution in [0.1, 0.15) is 57.7 Å². The van der Waals surface area contributed by atoms with E-state index in [4.69, 9.17) is 0 Å². The van der Waals surface area contributed by atoms with Crippen molar-refractivity contribution in [1.29, 1.82) is 0 Å². The largest absolute Gasteiger partial charge is 0.307 e. The van der Waals surface area contributed by atoms with Crippen molar-refractivity contribution in [2.75, 3.05) is 0 Å². The van der Waals surface area contributed by atoms with Gasteiger partial charge >= 0.3 is 0 Å². The van der Waals surface area contributed by atoms with Crippen LogP contribution in [-0.2, 0) is 5.41 Å².